The Labute approximate surface area is 98.2 Å². The maximum absolute atomic E-state index is 11.5. The van der Waals surface area contributed by atoms with Crippen molar-refractivity contribution >= 4 is 5.91 Å². The number of amides is 1. The summed E-state index contributed by atoms with van der Waals surface area (Å²) in [4.78, 5) is 15.4. The summed E-state index contributed by atoms with van der Waals surface area (Å²) < 4.78 is 0. The first-order chi connectivity index (χ1) is 7.53. The van der Waals surface area contributed by atoms with Crippen LogP contribution in [0.15, 0.2) is 0 Å². The Morgan fingerprint density at radius 2 is 1.94 bits per heavy atom. The highest BCUT2D eigenvalue weighted by Gasteiger charge is 2.32. The van der Waals surface area contributed by atoms with Gasteiger partial charge >= 0.3 is 0 Å². The van der Waals surface area contributed by atoms with E-state index in [9.17, 15) is 9.90 Å². The molecule has 94 valence electrons. The SMILES string of the molecule is CCC1(CO)CCN(CC(=O)N(C)C)CC1. The molecule has 4 nitrogen and oxygen atoms in total. The largest absolute Gasteiger partial charge is 0.396 e. The van der Waals surface area contributed by atoms with Crippen LogP contribution in [0.1, 0.15) is 26.2 Å². The number of rotatable bonds is 4. The summed E-state index contributed by atoms with van der Waals surface area (Å²) >= 11 is 0. The number of hydrogen-bond donors (Lipinski definition) is 1. The van der Waals surface area contributed by atoms with E-state index in [1.54, 1.807) is 19.0 Å². The number of likely N-dealkylation sites (tertiary alicyclic amines) is 1. The first kappa shape index (κ1) is 13.5. The zero-order valence-electron chi connectivity index (χ0n) is 10.7. The van der Waals surface area contributed by atoms with Crippen LogP contribution in [-0.4, -0.2) is 61.2 Å². The third-order valence-corrected chi connectivity index (χ3v) is 3.86. The average Bonchev–Trinajstić information content (AvgIpc) is 2.30. The van der Waals surface area contributed by atoms with Gasteiger partial charge in [0.05, 0.1) is 6.54 Å². The first-order valence-electron chi connectivity index (χ1n) is 6.06. The van der Waals surface area contributed by atoms with Gasteiger partial charge in [0, 0.05) is 20.7 Å². The monoisotopic (exact) mass is 228 g/mol. The zero-order chi connectivity index (χ0) is 12.2. The molecule has 0 bridgehead atoms. The van der Waals surface area contributed by atoms with Crippen LogP contribution in [0.4, 0.5) is 0 Å². The summed E-state index contributed by atoms with van der Waals surface area (Å²) in [6.07, 6.45) is 3.03. The molecule has 0 saturated carbocycles. The summed E-state index contributed by atoms with van der Waals surface area (Å²) in [6.45, 7) is 4.77. The minimum atomic E-state index is 0.109. The summed E-state index contributed by atoms with van der Waals surface area (Å²) in [5.41, 5.74) is 0.109. The van der Waals surface area contributed by atoms with Crippen molar-refractivity contribution in [2.45, 2.75) is 26.2 Å². The van der Waals surface area contributed by atoms with Crippen molar-refractivity contribution in [1.29, 1.82) is 0 Å². The van der Waals surface area contributed by atoms with Crippen LogP contribution in [-0.2, 0) is 4.79 Å². The quantitative estimate of drug-likeness (QED) is 0.764. The van der Waals surface area contributed by atoms with Crippen LogP contribution in [0.25, 0.3) is 0 Å². The highest BCUT2D eigenvalue weighted by atomic mass is 16.3. The maximum Gasteiger partial charge on any atom is 0.236 e. The van der Waals surface area contributed by atoms with Crippen molar-refractivity contribution in [3.05, 3.63) is 0 Å². The van der Waals surface area contributed by atoms with E-state index in [0.717, 1.165) is 32.4 Å². The van der Waals surface area contributed by atoms with Crippen LogP contribution in [0.5, 0.6) is 0 Å². The number of aliphatic hydroxyl groups excluding tert-OH is 1. The van der Waals surface area contributed by atoms with Gasteiger partial charge < -0.3 is 10.0 Å². The molecule has 1 heterocycles. The predicted octanol–water partition coefficient (Wildman–Crippen LogP) is 0.559. The Morgan fingerprint density at radius 3 is 2.31 bits per heavy atom. The number of carbonyl (C=O) groups is 1. The van der Waals surface area contributed by atoms with E-state index in [1.807, 2.05) is 0 Å². The van der Waals surface area contributed by atoms with E-state index < -0.39 is 0 Å². The van der Waals surface area contributed by atoms with Gasteiger partial charge in [-0.3, -0.25) is 9.69 Å². The van der Waals surface area contributed by atoms with E-state index in [2.05, 4.69) is 11.8 Å². The fourth-order valence-corrected chi connectivity index (χ4v) is 2.14. The van der Waals surface area contributed by atoms with E-state index in [1.165, 1.54) is 0 Å². The van der Waals surface area contributed by atoms with Crippen molar-refractivity contribution < 1.29 is 9.90 Å². The lowest BCUT2D eigenvalue weighted by Gasteiger charge is -2.40. The lowest BCUT2D eigenvalue weighted by Crippen LogP contribution is -2.45. The van der Waals surface area contributed by atoms with Crippen molar-refractivity contribution in [2.24, 2.45) is 5.41 Å². The molecule has 4 heteroatoms. The number of aliphatic hydroxyl groups is 1. The fourth-order valence-electron chi connectivity index (χ4n) is 2.14. The van der Waals surface area contributed by atoms with Crippen molar-refractivity contribution in [2.75, 3.05) is 40.3 Å². The van der Waals surface area contributed by atoms with Gasteiger partial charge in [0.15, 0.2) is 0 Å². The minimum absolute atomic E-state index is 0.109. The van der Waals surface area contributed by atoms with Crippen LogP contribution in [0.3, 0.4) is 0 Å². The maximum atomic E-state index is 11.5. The van der Waals surface area contributed by atoms with E-state index in [4.69, 9.17) is 0 Å². The second-order valence-electron chi connectivity index (χ2n) is 5.08. The number of likely N-dealkylation sites (N-methyl/N-ethyl adjacent to an activating group) is 1. The molecule has 0 spiro atoms. The number of hydrogen-bond acceptors (Lipinski definition) is 3. The Bertz CT molecular complexity index is 227. The standard InChI is InChI=1S/C12H24N2O2/c1-4-12(10-15)5-7-14(8-6-12)9-11(16)13(2)3/h15H,4-10H2,1-3H3. The molecule has 1 aliphatic rings. The molecule has 0 atom stereocenters. The molecule has 0 radical (unpaired) electrons. The van der Waals surface area contributed by atoms with Crippen LogP contribution >= 0.6 is 0 Å². The molecule has 1 fully saturated rings. The predicted molar refractivity (Wildman–Crippen MR) is 64.2 cm³/mol. The third-order valence-electron chi connectivity index (χ3n) is 3.86. The Kier molecular flexibility index (Phi) is 4.74. The summed E-state index contributed by atoms with van der Waals surface area (Å²) in [7, 11) is 3.58. The lowest BCUT2D eigenvalue weighted by molar-refractivity contribution is -0.130. The normalized spacial score (nSPS) is 20.8. The second kappa shape index (κ2) is 5.64. The molecule has 1 aliphatic heterocycles. The van der Waals surface area contributed by atoms with E-state index in [-0.39, 0.29) is 17.9 Å². The van der Waals surface area contributed by atoms with Gasteiger partial charge in [-0.25, -0.2) is 0 Å². The Morgan fingerprint density at radius 1 is 1.38 bits per heavy atom. The molecule has 1 saturated heterocycles. The molecule has 0 aromatic carbocycles. The molecule has 0 aromatic heterocycles. The van der Waals surface area contributed by atoms with Gasteiger partial charge in [0.2, 0.25) is 5.91 Å². The molecule has 0 unspecified atom stereocenters. The lowest BCUT2D eigenvalue weighted by atomic mass is 9.77. The van der Waals surface area contributed by atoms with Crippen LogP contribution in [0.2, 0.25) is 0 Å². The van der Waals surface area contributed by atoms with Gasteiger partial charge in [-0.05, 0) is 37.8 Å². The molecule has 1 N–H and O–H groups in total. The molecular weight excluding hydrogens is 204 g/mol. The Hall–Kier alpha value is -0.610. The molecule has 0 aromatic rings. The van der Waals surface area contributed by atoms with Crippen molar-refractivity contribution in [3.63, 3.8) is 0 Å². The second-order valence-corrected chi connectivity index (χ2v) is 5.08. The van der Waals surface area contributed by atoms with Gasteiger partial charge in [-0.15, -0.1) is 0 Å². The number of carbonyl (C=O) groups excluding carboxylic acids is 1. The third kappa shape index (κ3) is 3.19. The topological polar surface area (TPSA) is 43.8 Å². The molecule has 1 amide bonds. The fraction of sp³-hybridized carbons (Fsp3) is 0.917. The first-order valence-corrected chi connectivity index (χ1v) is 6.06. The van der Waals surface area contributed by atoms with Crippen LogP contribution < -0.4 is 0 Å². The average molecular weight is 228 g/mol. The summed E-state index contributed by atoms with van der Waals surface area (Å²) in [5, 5.41) is 9.40. The molecular formula is C12H24N2O2. The number of piperidine rings is 1. The van der Waals surface area contributed by atoms with E-state index in [0.29, 0.717) is 6.54 Å². The minimum Gasteiger partial charge on any atom is -0.396 e. The summed E-state index contributed by atoms with van der Waals surface area (Å²) in [6, 6.07) is 0. The van der Waals surface area contributed by atoms with Gasteiger partial charge in [0.25, 0.3) is 0 Å². The molecule has 0 aliphatic carbocycles. The summed E-state index contributed by atoms with van der Waals surface area (Å²) in [5.74, 6) is 0.160. The smallest absolute Gasteiger partial charge is 0.236 e. The number of nitrogens with zero attached hydrogens (tertiary/aromatic N) is 2. The Balaban J connectivity index is 2.40. The van der Waals surface area contributed by atoms with E-state index >= 15 is 0 Å². The highest BCUT2D eigenvalue weighted by Crippen LogP contribution is 2.33. The van der Waals surface area contributed by atoms with Gasteiger partial charge in [0.1, 0.15) is 0 Å². The van der Waals surface area contributed by atoms with Crippen LogP contribution in [0, 0.1) is 5.41 Å². The zero-order valence-corrected chi connectivity index (χ0v) is 10.7. The molecule has 16 heavy (non-hydrogen) atoms. The van der Waals surface area contributed by atoms with Gasteiger partial charge in [-0.1, -0.05) is 6.92 Å². The van der Waals surface area contributed by atoms with Gasteiger partial charge in [-0.2, -0.15) is 0 Å². The highest BCUT2D eigenvalue weighted by molar-refractivity contribution is 5.77. The van der Waals surface area contributed by atoms with Crippen molar-refractivity contribution in [3.8, 4) is 0 Å². The molecule has 1 rings (SSSR count). The van der Waals surface area contributed by atoms with Crippen molar-refractivity contribution in [1.82, 2.24) is 9.80 Å².